The zero-order chi connectivity index (χ0) is 19.4. The van der Waals surface area contributed by atoms with Crippen molar-refractivity contribution in [1.29, 1.82) is 0 Å². The Morgan fingerprint density at radius 2 is 1.85 bits per heavy atom. The third-order valence-corrected chi connectivity index (χ3v) is 6.07. The Balaban J connectivity index is 1.81. The van der Waals surface area contributed by atoms with Crippen LogP contribution in [-0.4, -0.2) is 38.6 Å². The molecular formula is C18H19BrN2O5S. The van der Waals surface area contributed by atoms with E-state index in [2.05, 4.69) is 20.7 Å². The molecule has 0 aromatic heterocycles. The van der Waals surface area contributed by atoms with Gasteiger partial charge in [-0.05, 0) is 36.2 Å². The lowest BCUT2D eigenvalue weighted by atomic mass is 10.0. The Morgan fingerprint density at radius 1 is 1.19 bits per heavy atom. The summed E-state index contributed by atoms with van der Waals surface area (Å²) in [5.41, 5.74) is 1.07. The van der Waals surface area contributed by atoms with Crippen LogP contribution in [0.2, 0.25) is 0 Å². The number of hydrogen-bond acceptors (Lipinski definition) is 5. The van der Waals surface area contributed by atoms with E-state index in [9.17, 15) is 13.2 Å². The van der Waals surface area contributed by atoms with Gasteiger partial charge < -0.3 is 4.74 Å². The zero-order valence-corrected chi connectivity index (χ0v) is 16.9. The summed E-state index contributed by atoms with van der Waals surface area (Å²) in [6, 6.07) is 15.0. The van der Waals surface area contributed by atoms with Crippen molar-refractivity contribution in [3.8, 4) is 0 Å². The normalized spacial score (nSPS) is 20.0. The molecular weight excluding hydrogens is 436 g/mol. The SMILES string of the molecule is CON(C1CCOC1c1ccc(Br)cc1)S(=O)(=O)NC(=O)c1ccccc1. The van der Waals surface area contributed by atoms with E-state index in [0.717, 1.165) is 14.5 Å². The van der Waals surface area contributed by atoms with Gasteiger partial charge in [-0.15, -0.1) is 0 Å². The standard InChI is InChI=1S/C18H19BrN2O5S/c1-25-21(27(23,24)20-18(22)14-5-3-2-4-6-14)16-11-12-26-17(16)13-7-9-15(19)10-8-13/h2-10,16-17H,11-12H2,1H3,(H,20,22). The number of carbonyl (C=O) groups excluding carboxylic acids is 1. The zero-order valence-electron chi connectivity index (χ0n) is 14.5. The van der Waals surface area contributed by atoms with E-state index >= 15 is 0 Å². The molecule has 2 unspecified atom stereocenters. The van der Waals surface area contributed by atoms with Crippen LogP contribution in [0, 0.1) is 0 Å². The van der Waals surface area contributed by atoms with Crippen molar-refractivity contribution in [2.75, 3.05) is 13.7 Å². The summed E-state index contributed by atoms with van der Waals surface area (Å²) < 4.78 is 35.1. The molecule has 0 aliphatic carbocycles. The molecule has 0 bridgehead atoms. The Labute approximate surface area is 166 Å². The summed E-state index contributed by atoms with van der Waals surface area (Å²) in [6.45, 7) is 0.382. The molecule has 3 rings (SSSR count). The number of nitrogens with zero attached hydrogens (tertiary/aromatic N) is 1. The van der Waals surface area contributed by atoms with Gasteiger partial charge in [-0.3, -0.25) is 9.63 Å². The van der Waals surface area contributed by atoms with E-state index in [0.29, 0.717) is 13.0 Å². The summed E-state index contributed by atoms with van der Waals surface area (Å²) in [6.07, 6.45) is -0.0592. The largest absolute Gasteiger partial charge is 0.372 e. The van der Waals surface area contributed by atoms with Crippen LogP contribution in [0.4, 0.5) is 0 Å². The van der Waals surface area contributed by atoms with Crippen molar-refractivity contribution in [2.45, 2.75) is 18.6 Å². The summed E-state index contributed by atoms with van der Waals surface area (Å²) >= 11 is 3.37. The second-order valence-electron chi connectivity index (χ2n) is 5.94. The summed E-state index contributed by atoms with van der Waals surface area (Å²) in [4.78, 5) is 17.4. The van der Waals surface area contributed by atoms with Crippen LogP contribution < -0.4 is 4.72 Å². The van der Waals surface area contributed by atoms with Crippen molar-refractivity contribution in [3.63, 3.8) is 0 Å². The average molecular weight is 455 g/mol. The fourth-order valence-electron chi connectivity index (χ4n) is 2.99. The fourth-order valence-corrected chi connectivity index (χ4v) is 4.46. The molecule has 2 aromatic rings. The molecule has 1 saturated heterocycles. The molecule has 1 fully saturated rings. The molecule has 9 heteroatoms. The lowest BCUT2D eigenvalue weighted by molar-refractivity contribution is -0.0984. The molecule has 2 aromatic carbocycles. The Hall–Kier alpha value is -1.78. The number of hydroxylamine groups is 1. The minimum Gasteiger partial charge on any atom is -0.372 e. The van der Waals surface area contributed by atoms with Gasteiger partial charge in [-0.25, -0.2) is 4.72 Å². The summed E-state index contributed by atoms with van der Waals surface area (Å²) in [5, 5.41) is 0. The molecule has 2 atom stereocenters. The first-order chi connectivity index (χ1) is 12.9. The van der Waals surface area contributed by atoms with E-state index in [4.69, 9.17) is 9.57 Å². The maximum absolute atomic E-state index is 12.8. The van der Waals surface area contributed by atoms with Gasteiger partial charge in [0.25, 0.3) is 5.91 Å². The third-order valence-electron chi connectivity index (χ3n) is 4.20. The number of nitrogens with one attached hydrogen (secondary N) is 1. The van der Waals surface area contributed by atoms with Crippen LogP contribution in [0.1, 0.15) is 28.4 Å². The van der Waals surface area contributed by atoms with Crippen LogP contribution >= 0.6 is 15.9 Å². The van der Waals surface area contributed by atoms with Crippen LogP contribution in [0.3, 0.4) is 0 Å². The number of ether oxygens (including phenoxy) is 1. The van der Waals surface area contributed by atoms with Crippen molar-refractivity contribution >= 4 is 32.0 Å². The van der Waals surface area contributed by atoms with E-state index < -0.39 is 28.3 Å². The van der Waals surface area contributed by atoms with Crippen molar-refractivity contribution in [3.05, 3.63) is 70.2 Å². The molecule has 1 aliphatic heterocycles. The third kappa shape index (κ3) is 4.56. The summed E-state index contributed by atoms with van der Waals surface area (Å²) in [5.74, 6) is -0.725. The minimum atomic E-state index is -4.23. The highest BCUT2D eigenvalue weighted by atomic mass is 79.9. The molecule has 0 spiro atoms. The van der Waals surface area contributed by atoms with Gasteiger partial charge in [0.15, 0.2) is 0 Å². The highest BCUT2D eigenvalue weighted by Gasteiger charge is 2.41. The topological polar surface area (TPSA) is 84.9 Å². The first-order valence-electron chi connectivity index (χ1n) is 8.25. The second-order valence-corrected chi connectivity index (χ2v) is 8.37. The van der Waals surface area contributed by atoms with Crippen LogP contribution in [0.15, 0.2) is 59.1 Å². The first-order valence-corrected chi connectivity index (χ1v) is 10.5. The number of rotatable bonds is 6. The number of hydrogen-bond donors (Lipinski definition) is 1. The molecule has 1 aliphatic rings. The van der Waals surface area contributed by atoms with E-state index in [-0.39, 0.29) is 5.56 Å². The van der Waals surface area contributed by atoms with Crippen molar-refractivity contribution in [1.82, 2.24) is 9.19 Å². The number of halogens is 1. The minimum absolute atomic E-state index is 0.240. The quantitative estimate of drug-likeness (QED) is 0.678. The molecule has 1 N–H and O–H groups in total. The van der Waals surface area contributed by atoms with E-state index in [1.807, 2.05) is 24.3 Å². The number of carbonyl (C=O) groups is 1. The van der Waals surface area contributed by atoms with Gasteiger partial charge in [0, 0.05) is 16.6 Å². The second kappa shape index (κ2) is 8.49. The monoisotopic (exact) mass is 454 g/mol. The highest BCUT2D eigenvalue weighted by molar-refractivity contribution is 9.10. The Kier molecular flexibility index (Phi) is 6.28. The lowest BCUT2D eigenvalue weighted by Gasteiger charge is -2.28. The van der Waals surface area contributed by atoms with Crippen LogP contribution in [-0.2, 0) is 19.8 Å². The van der Waals surface area contributed by atoms with Crippen molar-refractivity contribution < 1.29 is 22.8 Å². The molecule has 0 saturated carbocycles. The van der Waals surface area contributed by atoms with Crippen LogP contribution in [0.25, 0.3) is 0 Å². The smallest absolute Gasteiger partial charge is 0.326 e. The fraction of sp³-hybridized carbons (Fsp3) is 0.278. The molecule has 1 heterocycles. The van der Waals surface area contributed by atoms with E-state index in [1.54, 1.807) is 18.2 Å². The molecule has 144 valence electrons. The van der Waals surface area contributed by atoms with Gasteiger partial charge in [-0.1, -0.05) is 50.7 Å². The predicted octanol–water partition coefficient (Wildman–Crippen LogP) is 2.82. The predicted molar refractivity (Wildman–Crippen MR) is 103 cm³/mol. The van der Waals surface area contributed by atoms with Gasteiger partial charge in [0.1, 0.15) is 6.10 Å². The molecule has 1 amide bonds. The highest BCUT2D eigenvalue weighted by Crippen LogP contribution is 2.34. The average Bonchev–Trinajstić information content (AvgIpc) is 3.12. The maximum Gasteiger partial charge on any atom is 0.326 e. The summed E-state index contributed by atoms with van der Waals surface area (Å²) in [7, 11) is -2.98. The van der Waals surface area contributed by atoms with Gasteiger partial charge in [-0.2, -0.15) is 8.42 Å². The van der Waals surface area contributed by atoms with Crippen LogP contribution in [0.5, 0.6) is 0 Å². The Bertz CT molecular complexity index is 890. The number of benzene rings is 2. The van der Waals surface area contributed by atoms with Gasteiger partial charge in [0.05, 0.1) is 13.2 Å². The number of amides is 1. The van der Waals surface area contributed by atoms with E-state index in [1.165, 1.54) is 19.2 Å². The Morgan fingerprint density at radius 3 is 2.48 bits per heavy atom. The van der Waals surface area contributed by atoms with Crippen molar-refractivity contribution in [2.24, 2.45) is 0 Å². The molecule has 0 radical (unpaired) electrons. The molecule has 27 heavy (non-hydrogen) atoms. The maximum atomic E-state index is 12.8. The van der Waals surface area contributed by atoms with Gasteiger partial charge >= 0.3 is 10.2 Å². The lowest BCUT2D eigenvalue weighted by Crippen LogP contribution is -2.48. The van der Waals surface area contributed by atoms with Gasteiger partial charge in [0.2, 0.25) is 0 Å². The first kappa shape index (κ1) is 20.0. The molecule has 7 nitrogen and oxygen atoms in total.